The Balaban J connectivity index is 1.56. The summed E-state index contributed by atoms with van der Waals surface area (Å²) in [6.07, 6.45) is 3.73. The summed E-state index contributed by atoms with van der Waals surface area (Å²) in [4.78, 5) is 6.74. The van der Waals surface area contributed by atoms with Crippen molar-refractivity contribution in [2.75, 3.05) is 26.7 Å². The number of benzene rings is 1. The van der Waals surface area contributed by atoms with Crippen LogP contribution < -0.4 is 5.32 Å². The summed E-state index contributed by atoms with van der Waals surface area (Å²) in [7, 11) is 2.06. The van der Waals surface area contributed by atoms with Crippen molar-refractivity contribution in [2.24, 2.45) is 0 Å². The van der Waals surface area contributed by atoms with E-state index in [1.165, 1.54) is 12.1 Å². The summed E-state index contributed by atoms with van der Waals surface area (Å²) in [6.45, 7) is 6.64. The molecular formula is C20H23FN6O. The highest BCUT2D eigenvalue weighted by molar-refractivity contribution is 5.69. The third-order valence-electron chi connectivity index (χ3n) is 5.08. The van der Waals surface area contributed by atoms with Crippen LogP contribution in [0.2, 0.25) is 0 Å². The lowest BCUT2D eigenvalue weighted by Gasteiger charge is -2.30. The molecule has 7 nitrogen and oxygen atoms in total. The normalized spacial score (nSPS) is 18.2. The Labute approximate surface area is 162 Å². The van der Waals surface area contributed by atoms with E-state index in [9.17, 15) is 4.39 Å². The van der Waals surface area contributed by atoms with Crippen molar-refractivity contribution in [3.05, 3.63) is 58.7 Å². The van der Waals surface area contributed by atoms with E-state index in [0.29, 0.717) is 11.7 Å². The zero-order valence-corrected chi connectivity index (χ0v) is 16.2. The first kappa shape index (κ1) is 18.5. The minimum atomic E-state index is -0.267. The highest BCUT2D eigenvalue weighted by Gasteiger charge is 2.24. The Morgan fingerprint density at radius 2 is 2.00 bits per heavy atom. The number of aryl methyl sites for hydroxylation is 1. The number of hydrogen-bond donors (Lipinski definition) is 1. The van der Waals surface area contributed by atoms with E-state index in [1.54, 1.807) is 22.9 Å². The van der Waals surface area contributed by atoms with Crippen LogP contribution in [0.4, 0.5) is 4.39 Å². The number of halogens is 1. The Morgan fingerprint density at radius 3 is 2.75 bits per heavy atom. The molecule has 0 spiro atoms. The number of likely N-dealkylation sites (N-methyl/N-ethyl adjacent to an activating group) is 1. The molecule has 1 aliphatic heterocycles. The number of nitrogens with zero attached hydrogens (tertiary/aromatic N) is 5. The van der Waals surface area contributed by atoms with Crippen LogP contribution in [0.15, 0.2) is 28.8 Å². The average molecular weight is 382 g/mol. The number of aromatic nitrogens is 4. The molecular weight excluding hydrogens is 359 g/mol. The predicted molar refractivity (Wildman–Crippen MR) is 104 cm³/mol. The van der Waals surface area contributed by atoms with Crippen LogP contribution in [0.25, 0.3) is 17.8 Å². The van der Waals surface area contributed by atoms with Crippen LogP contribution in [0.1, 0.15) is 34.7 Å². The fourth-order valence-corrected chi connectivity index (χ4v) is 3.43. The van der Waals surface area contributed by atoms with Gasteiger partial charge in [-0.3, -0.25) is 4.90 Å². The molecule has 1 aliphatic rings. The zero-order valence-electron chi connectivity index (χ0n) is 16.2. The number of hydrogen-bond acceptors (Lipinski definition) is 6. The molecule has 4 rings (SSSR count). The molecule has 1 fully saturated rings. The molecule has 0 saturated carbocycles. The monoisotopic (exact) mass is 382 g/mol. The lowest BCUT2D eigenvalue weighted by atomic mass is 10.2. The van der Waals surface area contributed by atoms with Crippen molar-refractivity contribution in [1.29, 1.82) is 0 Å². The summed E-state index contributed by atoms with van der Waals surface area (Å²) in [5.41, 5.74) is 3.61. The Bertz CT molecular complexity index is 991. The second kappa shape index (κ2) is 7.65. The molecule has 1 aromatic carbocycles. The van der Waals surface area contributed by atoms with E-state index in [4.69, 9.17) is 4.52 Å². The Kier molecular flexibility index (Phi) is 5.06. The van der Waals surface area contributed by atoms with Gasteiger partial charge >= 0.3 is 0 Å². The Morgan fingerprint density at radius 1 is 1.21 bits per heavy atom. The summed E-state index contributed by atoms with van der Waals surface area (Å²) in [5, 5.41) is 12.1. The van der Waals surface area contributed by atoms with Gasteiger partial charge in [-0.2, -0.15) is 10.1 Å². The predicted octanol–water partition coefficient (Wildman–Crippen LogP) is 2.76. The quantitative estimate of drug-likeness (QED) is 0.748. The van der Waals surface area contributed by atoms with E-state index in [-0.39, 0.29) is 11.9 Å². The maximum atomic E-state index is 13.2. The maximum absolute atomic E-state index is 13.2. The van der Waals surface area contributed by atoms with Gasteiger partial charge in [0.15, 0.2) is 5.82 Å². The van der Waals surface area contributed by atoms with E-state index in [2.05, 4.69) is 32.5 Å². The average Bonchev–Trinajstić information content (AvgIpc) is 3.26. The van der Waals surface area contributed by atoms with E-state index < -0.39 is 0 Å². The standard InChI is InChI=1S/C20H23FN6O/c1-13-17(14(2)27(24-13)16-6-4-15(21)5-7-16)8-9-19-23-20(25-28-19)18-12-22-10-11-26(18)3/h4-9,18,22H,10-12H2,1-3H3/b9-8+. The highest BCUT2D eigenvalue weighted by Crippen LogP contribution is 2.22. The molecule has 2 aromatic heterocycles. The molecule has 1 atom stereocenters. The van der Waals surface area contributed by atoms with Crippen LogP contribution in [0, 0.1) is 19.7 Å². The minimum Gasteiger partial charge on any atom is -0.335 e. The van der Waals surface area contributed by atoms with E-state index in [0.717, 1.165) is 42.3 Å². The first-order valence-corrected chi connectivity index (χ1v) is 9.28. The molecule has 0 bridgehead atoms. The van der Waals surface area contributed by atoms with Crippen LogP contribution in [0.5, 0.6) is 0 Å². The first-order chi connectivity index (χ1) is 13.5. The van der Waals surface area contributed by atoms with Gasteiger partial charge in [0.2, 0.25) is 0 Å². The molecule has 0 aliphatic carbocycles. The second-order valence-electron chi connectivity index (χ2n) is 7.00. The molecule has 8 heteroatoms. The molecule has 1 N–H and O–H groups in total. The van der Waals surface area contributed by atoms with Gasteiger partial charge in [-0.05, 0) is 51.2 Å². The first-order valence-electron chi connectivity index (χ1n) is 9.28. The fraction of sp³-hybridized carbons (Fsp3) is 0.350. The lowest BCUT2D eigenvalue weighted by Crippen LogP contribution is -2.44. The molecule has 3 aromatic rings. The topological polar surface area (TPSA) is 72.0 Å². The molecule has 3 heterocycles. The third kappa shape index (κ3) is 3.61. The van der Waals surface area contributed by atoms with Crippen molar-refractivity contribution in [1.82, 2.24) is 30.1 Å². The van der Waals surface area contributed by atoms with Crippen molar-refractivity contribution >= 4 is 12.2 Å². The fourth-order valence-electron chi connectivity index (χ4n) is 3.43. The van der Waals surface area contributed by atoms with Gasteiger partial charge in [0.05, 0.1) is 17.4 Å². The van der Waals surface area contributed by atoms with Crippen LogP contribution >= 0.6 is 0 Å². The third-order valence-corrected chi connectivity index (χ3v) is 5.08. The lowest BCUT2D eigenvalue weighted by molar-refractivity contribution is 0.190. The zero-order chi connectivity index (χ0) is 19.7. The van der Waals surface area contributed by atoms with Gasteiger partial charge in [-0.25, -0.2) is 9.07 Å². The van der Waals surface area contributed by atoms with Crippen molar-refractivity contribution in [3.8, 4) is 5.69 Å². The van der Waals surface area contributed by atoms with Crippen molar-refractivity contribution in [2.45, 2.75) is 19.9 Å². The number of piperazine rings is 1. The van der Waals surface area contributed by atoms with Gasteiger partial charge in [0.25, 0.3) is 5.89 Å². The van der Waals surface area contributed by atoms with Gasteiger partial charge in [-0.1, -0.05) is 5.16 Å². The van der Waals surface area contributed by atoms with Gasteiger partial charge in [-0.15, -0.1) is 0 Å². The summed E-state index contributed by atoms with van der Waals surface area (Å²) in [5.74, 6) is 0.878. The van der Waals surface area contributed by atoms with E-state index in [1.807, 2.05) is 19.9 Å². The Hall–Kier alpha value is -2.84. The van der Waals surface area contributed by atoms with Crippen LogP contribution in [-0.2, 0) is 0 Å². The summed E-state index contributed by atoms with van der Waals surface area (Å²) >= 11 is 0. The SMILES string of the molecule is Cc1nn(-c2ccc(F)cc2)c(C)c1/C=C/c1nc(C2CNCCN2C)no1. The molecule has 0 radical (unpaired) electrons. The van der Waals surface area contributed by atoms with Crippen molar-refractivity contribution < 1.29 is 8.91 Å². The molecule has 0 amide bonds. The molecule has 1 saturated heterocycles. The molecule has 1 unspecified atom stereocenters. The van der Waals surface area contributed by atoms with Gasteiger partial charge in [0.1, 0.15) is 5.82 Å². The van der Waals surface area contributed by atoms with Crippen molar-refractivity contribution in [3.63, 3.8) is 0 Å². The summed E-state index contributed by atoms with van der Waals surface area (Å²) in [6, 6.07) is 6.39. The largest absolute Gasteiger partial charge is 0.335 e. The van der Waals surface area contributed by atoms with Crippen LogP contribution in [-0.4, -0.2) is 51.5 Å². The van der Waals surface area contributed by atoms with Gasteiger partial charge in [0, 0.05) is 37.0 Å². The minimum absolute atomic E-state index is 0.115. The highest BCUT2D eigenvalue weighted by atomic mass is 19.1. The second-order valence-corrected chi connectivity index (χ2v) is 7.00. The molecule has 146 valence electrons. The molecule has 28 heavy (non-hydrogen) atoms. The van der Waals surface area contributed by atoms with Gasteiger partial charge < -0.3 is 9.84 Å². The maximum Gasteiger partial charge on any atom is 0.250 e. The van der Waals surface area contributed by atoms with E-state index >= 15 is 0 Å². The summed E-state index contributed by atoms with van der Waals surface area (Å²) < 4.78 is 20.4. The number of rotatable bonds is 4. The smallest absolute Gasteiger partial charge is 0.250 e. The van der Waals surface area contributed by atoms with Crippen LogP contribution in [0.3, 0.4) is 0 Å². The number of nitrogens with one attached hydrogen (secondary N) is 1.